The molecule has 0 saturated heterocycles. The lowest BCUT2D eigenvalue weighted by Gasteiger charge is -2.10. The van der Waals surface area contributed by atoms with Crippen molar-refractivity contribution in [3.05, 3.63) is 66.0 Å². The molecule has 0 saturated carbocycles. The van der Waals surface area contributed by atoms with E-state index in [4.69, 9.17) is 0 Å². The van der Waals surface area contributed by atoms with Crippen LogP contribution in [0.25, 0.3) is 0 Å². The molecule has 19 heavy (non-hydrogen) atoms. The Hall–Kier alpha value is -1.32. The van der Waals surface area contributed by atoms with Crippen molar-refractivity contribution in [2.45, 2.75) is 23.8 Å². The van der Waals surface area contributed by atoms with Crippen LogP contribution >= 0.6 is 11.8 Å². The quantitative estimate of drug-likeness (QED) is 0.807. The van der Waals surface area contributed by atoms with Crippen molar-refractivity contribution in [3.8, 4) is 0 Å². The molecule has 1 N–H and O–H groups in total. The molecule has 0 bridgehead atoms. The second-order valence-corrected chi connectivity index (χ2v) is 5.54. The van der Waals surface area contributed by atoms with Gasteiger partial charge in [0.25, 0.3) is 0 Å². The largest absolute Gasteiger partial charge is 0.392 e. The van der Waals surface area contributed by atoms with E-state index < -0.39 is 0 Å². The van der Waals surface area contributed by atoms with E-state index in [9.17, 15) is 9.50 Å². The Balaban J connectivity index is 1.72. The summed E-state index contributed by atoms with van der Waals surface area (Å²) in [5.74, 6) is 0.410. The third-order valence-electron chi connectivity index (χ3n) is 2.87. The minimum absolute atomic E-state index is 0.228. The molecule has 2 aromatic carbocycles. The molecule has 0 amide bonds. The van der Waals surface area contributed by atoms with Gasteiger partial charge >= 0.3 is 0 Å². The van der Waals surface area contributed by atoms with Crippen molar-refractivity contribution in [2.24, 2.45) is 0 Å². The predicted molar refractivity (Wildman–Crippen MR) is 77.9 cm³/mol. The Morgan fingerprint density at radius 1 is 1.00 bits per heavy atom. The van der Waals surface area contributed by atoms with Crippen LogP contribution in [-0.4, -0.2) is 17.0 Å². The third-order valence-corrected chi connectivity index (χ3v) is 4.02. The molecule has 0 fully saturated rings. The van der Waals surface area contributed by atoms with E-state index >= 15 is 0 Å². The SMILES string of the molecule is OC(CCc1ccccc1)CSc1ccc(F)cc1. The minimum atomic E-state index is -0.338. The number of halogens is 1. The number of aliphatic hydroxyl groups is 1. The number of aryl methyl sites for hydroxylation is 1. The minimum Gasteiger partial charge on any atom is -0.392 e. The Morgan fingerprint density at radius 3 is 2.37 bits per heavy atom. The van der Waals surface area contributed by atoms with Crippen molar-refractivity contribution in [3.63, 3.8) is 0 Å². The maximum Gasteiger partial charge on any atom is 0.123 e. The maximum absolute atomic E-state index is 12.7. The fourth-order valence-electron chi connectivity index (χ4n) is 1.78. The van der Waals surface area contributed by atoms with Crippen molar-refractivity contribution >= 4 is 11.8 Å². The number of hydrogen-bond donors (Lipinski definition) is 1. The van der Waals surface area contributed by atoms with E-state index in [0.29, 0.717) is 5.75 Å². The second-order valence-electron chi connectivity index (χ2n) is 4.44. The molecule has 0 radical (unpaired) electrons. The molecule has 3 heteroatoms. The van der Waals surface area contributed by atoms with Gasteiger partial charge < -0.3 is 5.11 Å². The molecule has 0 heterocycles. The summed E-state index contributed by atoms with van der Waals surface area (Å²) in [6.07, 6.45) is 1.29. The van der Waals surface area contributed by atoms with Gasteiger partial charge in [0.15, 0.2) is 0 Å². The molecule has 0 aliphatic carbocycles. The third kappa shape index (κ3) is 5.05. The summed E-state index contributed by atoms with van der Waals surface area (Å²) in [7, 11) is 0. The van der Waals surface area contributed by atoms with Crippen LogP contribution in [0.5, 0.6) is 0 Å². The van der Waals surface area contributed by atoms with Crippen molar-refractivity contribution in [1.82, 2.24) is 0 Å². The molecule has 0 aliphatic heterocycles. The smallest absolute Gasteiger partial charge is 0.123 e. The van der Waals surface area contributed by atoms with E-state index in [1.54, 1.807) is 23.9 Å². The second kappa shape index (κ2) is 7.31. The fraction of sp³-hybridized carbons (Fsp3) is 0.250. The molecule has 1 atom stereocenters. The molecular weight excluding hydrogens is 259 g/mol. The highest BCUT2D eigenvalue weighted by atomic mass is 32.2. The molecule has 2 aromatic rings. The summed E-state index contributed by atoms with van der Waals surface area (Å²) in [6, 6.07) is 16.5. The first-order chi connectivity index (χ1) is 9.24. The fourth-order valence-corrected chi connectivity index (χ4v) is 2.66. The lowest BCUT2D eigenvalue weighted by atomic mass is 10.1. The highest BCUT2D eigenvalue weighted by molar-refractivity contribution is 7.99. The van der Waals surface area contributed by atoms with Crippen LogP contribution < -0.4 is 0 Å². The van der Waals surface area contributed by atoms with Gasteiger partial charge in [-0.15, -0.1) is 11.8 Å². The van der Waals surface area contributed by atoms with Gasteiger partial charge in [-0.05, 0) is 42.7 Å². The highest BCUT2D eigenvalue weighted by Gasteiger charge is 2.05. The number of rotatable bonds is 6. The average molecular weight is 276 g/mol. The van der Waals surface area contributed by atoms with Crippen molar-refractivity contribution in [2.75, 3.05) is 5.75 Å². The van der Waals surface area contributed by atoms with Crippen LogP contribution in [0.3, 0.4) is 0 Å². The van der Waals surface area contributed by atoms with Crippen LogP contribution in [0, 0.1) is 5.82 Å². The lowest BCUT2D eigenvalue weighted by molar-refractivity contribution is 0.189. The van der Waals surface area contributed by atoms with E-state index in [0.717, 1.165) is 17.7 Å². The molecule has 2 rings (SSSR count). The maximum atomic E-state index is 12.7. The summed E-state index contributed by atoms with van der Waals surface area (Å²) in [6.45, 7) is 0. The zero-order valence-corrected chi connectivity index (χ0v) is 11.4. The summed E-state index contributed by atoms with van der Waals surface area (Å²) >= 11 is 1.56. The molecule has 0 spiro atoms. The predicted octanol–water partition coefficient (Wildman–Crippen LogP) is 3.91. The summed E-state index contributed by atoms with van der Waals surface area (Å²) < 4.78 is 12.7. The van der Waals surface area contributed by atoms with Gasteiger partial charge in [-0.3, -0.25) is 0 Å². The monoisotopic (exact) mass is 276 g/mol. The first kappa shape index (κ1) is 14.1. The Kier molecular flexibility index (Phi) is 5.43. The van der Waals surface area contributed by atoms with E-state index in [-0.39, 0.29) is 11.9 Å². The Labute approximate surface area is 117 Å². The first-order valence-corrected chi connectivity index (χ1v) is 7.33. The van der Waals surface area contributed by atoms with Gasteiger partial charge in [0.05, 0.1) is 6.10 Å². The first-order valence-electron chi connectivity index (χ1n) is 6.34. The molecular formula is C16H17FOS. The average Bonchev–Trinajstić information content (AvgIpc) is 2.45. The molecule has 0 aromatic heterocycles. The normalized spacial score (nSPS) is 12.3. The van der Waals surface area contributed by atoms with Crippen molar-refractivity contribution in [1.29, 1.82) is 0 Å². The van der Waals surface area contributed by atoms with E-state index in [2.05, 4.69) is 12.1 Å². The molecule has 0 aliphatic rings. The Morgan fingerprint density at radius 2 is 1.68 bits per heavy atom. The zero-order valence-electron chi connectivity index (χ0n) is 10.6. The van der Waals surface area contributed by atoms with Gasteiger partial charge in [0.1, 0.15) is 5.82 Å². The number of hydrogen-bond acceptors (Lipinski definition) is 2. The van der Waals surface area contributed by atoms with Gasteiger partial charge in [0.2, 0.25) is 0 Å². The highest BCUT2D eigenvalue weighted by Crippen LogP contribution is 2.20. The number of thioether (sulfide) groups is 1. The number of aliphatic hydroxyl groups excluding tert-OH is 1. The summed E-state index contributed by atoms with van der Waals surface area (Å²) in [5.41, 5.74) is 1.24. The summed E-state index contributed by atoms with van der Waals surface area (Å²) in [5, 5.41) is 9.93. The zero-order chi connectivity index (χ0) is 13.5. The van der Waals surface area contributed by atoms with E-state index in [1.165, 1.54) is 17.7 Å². The van der Waals surface area contributed by atoms with Crippen LogP contribution in [0.15, 0.2) is 59.5 Å². The van der Waals surface area contributed by atoms with Gasteiger partial charge in [0, 0.05) is 10.6 Å². The Bertz CT molecular complexity index is 484. The standard InChI is InChI=1S/C16H17FOS/c17-14-7-10-16(11-8-14)19-12-15(18)9-6-13-4-2-1-3-5-13/h1-5,7-8,10-11,15,18H,6,9,12H2. The van der Waals surface area contributed by atoms with Crippen LogP contribution in [-0.2, 0) is 6.42 Å². The van der Waals surface area contributed by atoms with Gasteiger partial charge in [-0.25, -0.2) is 4.39 Å². The lowest BCUT2D eigenvalue weighted by Crippen LogP contribution is -2.11. The topological polar surface area (TPSA) is 20.2 Å². The molecule has 100 valence electrons. The van der Waals surface area contributed by atoms with Gasteiger partial charge in [-0.1, -0.05) is 30.3 Å². The van der Waals surface area contributed by atoms with Crippen LogP contribution in [0.4, 0.5) is 4.39 Å². The van der Waals surface area contributed by atoms with E-state index in [1.807, 2.05) is 18.2 Å². The van der Waals surface area contributed by atoms with Crippen LogP contribution in [0.1, 0.15) is 12.0 Å². The molecule has 1 unspecified atom stereocenters. The van der Waals surface area contributed by atoms with Gasteiger partial charge in [-0.2, -0.15) is 0 Å². The number of benzene rings is 2. The summed E-state index contributed by atoms with van der Waals surface area (Å²) in [4.78, 5) is 0.986. The molecule has 1 nitrogen and oxygen atoms in total. The van der Waals surface area contributed by atoms with Crippen molar-refractivity contribution < 1.29 is 9.50 Å². The van der Waals surface area contributed by atoms with Crippen LogP contribution in [0.2, 0.25) is 0 Å².